The molecule has 1 aliphatic rings. The van der Waals surface area contributed by atoms with Crippen LogP contribution >= 0.6 is 0 Å². The molecule has 1 aliphatic heterocycles. The maximum Gasteiger partial charge on any atom is 0.112 e. The third kappa shape index (κ3) is 2.75. The van der Waals surface area contributed by atoms with Crippen LogP contribution in [0.5, 0.6) is 0 Å². The fourth-order valence-electron chi connectivity index (χ4n) is 2.47. The van der Waals surface area contributed by atoms with E-state index >= 15 is 0 Å². The van der Waals surface area contributed by atoms with Gasteiger partial charge in [-0.3, -0.25) is 0 Å². The second kappa shape index (κ2) is 6.17. The zero-order chi connectivity index (χ0) is 13.8. The Hall–Kier alpha value is -1.69. The van der Waals surface area contributed by atoms with Gasteiger partial charge in [0.15, 0.2) is 0 Å². The van der Waals surface area contributed by atoms with Crippen LogP contribution in [0.3, 0.4) is 0 Å². The number of benzene rings is 1. The number of ether oxygens (including phenoxy) is 1. The van der Waals surface area contributed by atoms with E-state index in [4.69, 9.17) is 9.84 Å². The van der Waals surface area contributed by atoms with Gasteiger partial charge in [-0.05, 0) is 24.1 Å². The summed E-state index contributed by atoms with van der Waals surface area (Å²) in [5, 5.41) is 12.3. The first-order valence-corrected chi connectivity index (χ1v) is 6.93. The number of nitrogens with zero attached hydrogens (tertiary/aromatic N) is 2. The highest BCUT2D eigenvalue weighted by atomic mass is 16.5. The second-order valence-electron chi connectivity index (χ2n) is 4.89. The van der Waals surface area contributed by atoms with Gasteiger partial charge >= 0.3 is 0 Å². The third-order valence-electron chi connectivity index (χ3n) is 3.54. The van der Waals surface area contributed by atoms with Crippen LogP contribution < -0.4 is 5.32 Å². The highest BCUT2D eigenvalue weighted by molar-refractivity contribution is 5.37. The number of aliphatic hydroxyl groups excluding tert-OH is 1. The number of nitrogens with one attached hydrogen (secondary N) is 1. The Labute approximate surface area is 118 Å². The molecule has 2 heterocycles. The zero-order valence-corrected chi connectivity index (χ0v) is 11.3. The first-order valence-electron chi connectivity index (χ1n) is 6.93. The fourth-order valence-corrected chi connectivity index (χ4v) is 2.47. The van der Waals surface area contributed by atoms with E-state index in [1.165, 1.54) is 0 Å². The summed E-state index contributed by atoms with van der Waals surface area (Å²) >= 11 is 0. The van der Waals surface area contributed by atoms with Gasteiger partial charge < -0.3 is 19.7 Å². The fraction of sp³-hybridized carbons (Fsp3) is 0.400. The molecule has 106 valence electrons. The topological polar surface area (TPSA) is 59.3 Å². The normalized spacial score (nSPS) is 19.1. The molecule has 2 aromatic rings. The predicted octanol–water partition coefficient (Wildman–Crippen LogP) is 1.07. The second-order valence-corrected chi connectivity index (χ2v) is 4.89. The number of rotatable bonds is 4. The molecule has 0 aliphatic carbocycles. The van der Waals surface area contributed by atoms with Gasteiger partial charge in [0.1, 0.15) is 6.10 Å². The van der Waals surface area contributed by atoms with Crippen LogP contribution in [0.1, 0.15) is 17.4 Å². The average Bonchev–Trinajstić information content (AvgIpc) is 2.99. The highest BCUT2D eigenvalue weighted by Gasteiger charge is 2.19. The molecule has 5 heteroatoms. The average molecular weight is 273 g/mol. The zero-order valence-electron chi connectivity index (χ0n) is 11.3. The molecule has 5 nitrogen and oxygen atoms in total. The number of imidazole rings is 1. The molecule has 2 N–H and O–H groups in total. The molecule has 1 aromatic heterocycles. The Kier molecular flexibility index (Phi) is 4.11. The Bertz CT molecular complexity index is 545. The summed E-state index contributed by atoms with van der Waals surface area (Å²) in [6, 6.07) is 8.17. The van der Waals surface area contributed by atoms with Crippen molar-refractivity contribution in [2.45, 2.75) is 12.5 Å². The smallest absolute Gasteiger partial charge is 0.112 e. The number of aliphatic hydroxyl groups is 1. The monoisotopic (exact) mass is 273 g/mol. The Morgan fingerprint density at radius 2 is 2.20 bits per heavy atom. The lowest BCUT2D eigenvalue weighted by Crippen LogP contribution is -2.34. The van der Waals surface area contributed by atoms with E-state index in [1.54, 1.807) is 0 Å². The molecule has 1 fully saturated rings. The molecule has 1 unspecified atom stereocenters. The molecule has 0 bridgehead atoms. The minimum Gasteiger partial charge on any atom is -0.396 e. The van der Waals surface area contributed by atoms with Gasteiger partial charge in [0.25, 0.3) is 0 Å². The molecule has 1 atom stereocenters. The minimum atomic E-state index is 0.0448. The van der Waals surface area contributed by atoms with E-state index in [1.807, 2.05) is 36.8 Å². The lowest BCUT2D eigenvalue weighted by Gasteiger charge is -2.24. The largest absolute Gasteiger partial charge is 0.396 e. The van der Waals surface area contributed by atoms with Gasteiger partial charge in [0.05, 0.1) is 24.8 Å². The summed E-state index contributed by atoms with van der Waals surface area (Å²) in [6.45, 7) is 2.62. The quantitative estimate of drug-likeness (QED) is 0.875. The molecule has 1 aromatic carbocycles. The number of hydrogen-bond donors (Lipinski definition) is 2. The molecule has 1 saturated heterocycles. The predicted molar refractivity (Wildman–Crippen MR) is 75.9 cm³/mol. The van der Waals surface area contributed by atoms with Crippen molar-refractivity contribution in [3.8, 4) is 5.69 Å². The lowest BCUT2D eigenvalue weighted by atomic mass is 10.1. The van der Waals surface area contributed by atoms with Crippen molar-refractivity contribution in [2.24, 2.45) is 0 Å². The van der Waals surface area contributed by atoms with Gasteiger partial charge in [0, 0.05) is 25.4 Å². The molecule has 3 rings (SSSR count). The number of morpholine rings is 1. The van der Waals surface area contributed by atoms with Crippen molar-refractivity contribution in [3.05, 3.63) is 48.0 Å². The minimum absolute atomic E-state index is 0.0448. The Morgan fingerprint density at radius 3 is 2.90 bits per heavy atom. The van der Waals surface area contributed by atoms with E-state index in [0.717, 1.165) is 36.6 Å². The van der Waals surface area contributed by atoms with Crippen LogP contribution in [0.4, 0.5) is 0 Å². The van der Waals surface area contributed by atoms with E-state index in [9.17, 15) is 0 Å². The van der Waals surface area contributed by atoms with E-state index in [2.05, 4.69) is 14.9 Å². The summed E-state index contributed by atoms with van der Waals surface area (Å²) in [6.07, 6.45) is 4.41. The molecule has 20 heavy (non-hydrogen) atoms. The number of hydrogen-bond acceptors (Lipinski definition) is 4. The van der Waals surface area contributed by atoms with Crippen molar-refractivity contribution >= 4 is 0 Å². The molecule has 0 radical (unpaired) electrons. The van der Waals surface area contributed by atoms with Gasteiger partial charge in [0.2, 0.25) is 0 Å². The van der Waals surface area contributed by atoms with Crippen LogP contribution in [0.15, 0.2) is 36.8 Å². The van der Waals surface area contributed by atoms with Crippen molar-refractivity contribution < 1.29 is 9.84 Å². The molecule has 0 spiro atoms. The first-order chi connectivity index (χ1) is 9.88. The first kappa shape index (κ1) is 13.3. The van der Waals surface area contributed by atoms with Crippen molar-refractivity contribution in [2.75, 3.05) is 26.3 Å². The van der Waals surface area contributed by atoms with Gasteiger partial charge in [-0.25, -0.2) is 4.98 Å². The Morgan fingerprint density at radius 1 is 1.35 bits per heavy atom. The summed E-state index contributed by atoms with van der Waals surface area (Å²) in [5.74, 6) is 0. The summed E-state index contributed by atoms with van der Waals surface area (Å²) < 4.78 is 7.85. The summed E-state index contributed by atoms with van der Waals surface area (Å²) in [7, 11) is 0. The molecular weight excluding hydrogens is 254 g/mol. The third-order valence-corrected chi connectivity index (χ3v) is 3.54. The molecule has 0 amide bonds. The molecule has 0 saturated carbocycles. The summed E-state index contributed by atoms with van der Waals surface area (Å²) in [4.78, 5) is 4.25. The summed E-state index contributed by atoms with van der Waals surface area (Å²) in [5.41, 5.74) is 3.26. The highest BCUT2D eigenvalue weighted by Crippen LogP contribution is 2.22. The van der Waals surface area contributed by atoms with Crippen LogP contribution in [-0.2, 0) is 11.2 Å². The molecular formula is C15H19N3O2. The van der Waals surface area contributed by atoms with Gasteiger partial charge in [-0.15, -0.1) is 0 Å². The van der Waals surface area contributed by atoms with Crippen LogP contribution in [0.2, 0.25) is 0 Å². The maximum absolute atomic E-state index is 8.95. The van der Waals surface area contributed by atoms with E-state index < -0.39 is 0 Å². The SMILES string of the molecule is OCCc1ccc(-n2cncc2C2CNCCO2)cc1. The Balaban J connectivity index is 1.84. The van der Waals surface area contributed by atoms with Crippen LogP contribution in [0.25, 0.3) is 5.69 Å². The van der Waals surface area contributed by atoms with Gasteiger partial charge in [-0.1, -0.05) is 12.1 Å². The van der Waals surface area contributed by atoms with Crippen LogP contribution in [-0.4, -0.2) is 41.0 Å². The maximum atomic E-state index is 8.95. The lowest BCUT2D eigenvalue weighted by molar-refractivity contribution is 0.0240. The van der Waals surface area contributed by atoms with Crippen molar-refractivity contribution in [1.29, 1.82) is 0 Å². The van der Waals surface area contributed by atoms with Crippen LogP contribution in [0, 0.1) is 0 Å². The van der Waals surface area contributed by atoms with Crippen molar-refractivity contribution in [1.82, 2.24) is 14.9 Å². The standard InChI is InChI=1S/C15H19N3O2/c19-7-5-12-1-3-13(4-2-12)18-11-17-9-14(18)15-10-16-6-8-20-15/h1-4,9,11,15-16,19H,5-8,10H2. The van der Waals surface area contributed by atoms with E-state index in [-0.39, 0.29) is 12.7 Å². The number of aromatic nitrogens is 2. The van der Waals surface area contributed by atoms with E-state index in [0.29, 0.717) is 6.42 Å². The van der Waals surface area contributed by atoms with Gasteiger partial charge in [-0.2, -0.15) is 0 Å². The van der Waals surface area contributed by atoms with Crippen molar-refractivity contribution in [3.63, 3.8) is 0 Å².